The van der Waals surface area contributed by atoms with Crippen LogP contribution < -0.4 is 5.32 Å². The van der Waals surface area contributed by atoms with Gasteiger partial charge in [-0.05, 0) is 32.4 Å². The predicted octanol–water partition coefficient (Wildman–Crippen LogP) is 4.67. The number of carbonyl (C=O) groups excluding carboxylic acids is 1. The van der Waals surface area contributed by atoms with Crippen LogP contribution in [0.5, 0.6) is 0 Å². The molecular weight excluding hydrogens is 325 g/mol. The van der Waals surface area contributed by atoms with E-state index in [-0.39, 0.29) is 11.9 Å². The molecule has 1 aromatic heterocycles. The Balaban J connectivity index is 2.25. The molecule has 1 aromatic carbocycles. The van der Waals surface area contributed by atoms with E-state index in [4.69, 9.17) is 0 Å². The van der Waals surface area contributed by atoms with E-state index in [0.29, 0.717) is 21.1 Å². The van der Waals surface area contributed by atoms with E-state index in [1.807, 2.05) is 13.8 Å². The van der Waals surface area contributed by atoms with Gasteiger partial charge in [-0.2, -0.15) is 13.2 Å². The van der Waals surface area contributed by atoms with Crippen LogP contribution in [0.4, 0.5) is 13.2 Å². The summed E-state index contributed by atoms with van der Waals surface area (Å²) in [5.41, 5.74) is 0.434. The van der Waals surface area contributed by atoms with E-state index >= 15 is 0 Å². The van der Waals surface area contributed by atoms with Gasteiger partial charge < -0.3 is 5.32 Å². The number of aromatic nitrogens is 1. The summed E-state index contributed by atoms with van der Waals surface area (Å²) in [5, 5.41) is 3.40. The van der Waals surface area contributed by atoms with E-state index in [1.54, 1.807) is 6.92 Å². The molecule has 2 aromatic rings. The first-order valence-electron chi connectivity index (χ1n) is 7.18. The van der Waals surface area contributed by atoms with Crippen LogP contribution >= 0.6 is 11.3 Å². The number of carbonyl (C=O) groups is 1. The van der Waals surface area contributed by atoms with Gasteiger partial charge in [0, 0.05) is 11.6 Å². The molecule has 0 spiro atoms. The number of nitrogens with one attached hydrogen (secondary N) is 1. The van der Waals surface area contributed by atoms with Crippen LogP contribution in [0.2, 0.25) is 0 Å². The minimum Gasteiger partial charge on any atom is -0.349 e. The summed E-state index contributed by atoms with van der Waals surface area (Å²) in [6.07, 6.45) is -3.55. The Morgan fingerprint density at radius 1 is 1.30 bits per heavy atom. The molecule has 0 aliphatic heterocycles. The van der Waals surface area contributed by atoms with Crippen LogP contribution in [-0.2, 0) is 6.18 Å². The lowest BCUT2D eigenvalue weighted by Gasteiger charge is -2.10. The van der Waals surface area contributed by atoms with Gasteiger partial charge in [0.05, 0.1) is 11.3 Å². The van der Waals surface area contributed by atoms with E-state index in [9.17, 15) is 18.0 Å². The standard InChI is InChI=1S/C16H17F3N2OS/c1-4-9(2)20-14(22)13-10(3)21-15(23-13)11-5-7-12(8-6-11)16(17,18)19/h5-9H,4H2,1-3H3,(H,20,22). The maximum atomic E-state index is 12.6. The van der Waals surface area contributed by atoms with Crippen molar-refractivity contribution in [2.45, 2.75) is 39.4 Å². The molecule has 7 heteroatoms. The van der Waals surface area contributed by atoms with Gasteiger partial charge in [0.1, 0.15) is 9.88 Å². The molecule has 3 nitrogen and oxygen atoms in total. The second-order valence-electron chi connectivity index (χ2n) is 5.29. The van der Waals surface area contributed by atoms with Gasteiger partial charge in [-0.25, -0.2) is 4.98 Å². The van der Waals surface area contributed by atoms with Gasteiger partial charge in [-0.3, -0.25) is 4.79 Å². The third kappa shape index (κ3) is 4.10. The van der Waals surface area contributed by atoms with E-state index in [0.717, 1.165) is 18.6 Å². The lowest BCUT2D eigenvalue weighted by molar-refractivity contribution is -0.137. The number of nitrogens with zero attached hydrogens (tertiary/aromatic N) is 1. The average molecular weight is 342 g/mol. The second kappa shape index (κ2) is 6.70. The third-order valence-electron chi connectivity index (χ3n) is 3.45. The van der Waals surface area contributed by atoms with E-state index in [1.165, 1.54) is 23.5 Å². The third-order valence-corrected chi connectivity index (χ3v) is 4.66. The number of aryl methyl sites for hydroxylation is 1. The fourth-order valence-corrected chi connectivity index (χ4v) is 2.90. The molecule has 0 fully saturated rings. The predicted molar refractivity (Wildman–Crippen MR) is 84.5 cm³/mol. The van der Waals surface area contributed by atoms with Gasteiger partial charge in [0.2, 0.25) is 0 Å². The first-order valence-corrected chi connectivity index (χ1v) is 8.00. The second-order valence-corrected chi connectivity index (χ2v) is 6.29. The number of hydrogen-bond donors (Lipinski definition) is 1. The molecule has 1 unspecified atom stereocenters. The quantitative estimate of drug-likeness (QED) is 0.878. The van der Waals surface area contributed by atoms with Crippen molar-refractivity contribution in [1.29, 1.82) is 0 Å². The number of alkyl halides is 3. The van der Waals surface area contributed by atoms with Crippen LogP contribution in [0.25, 0.3) is 10.6 Å². The molecular formula is C16H17F3N2OS. The minimum atomic E-state index is -4.36. The van der Waals surface area contributed by atoms with Gasteiger partial charge >= 0.3 is 6.18 Å². The largest absolute Gasteiger partial charge is 0.416 e. The van der Waals surface area contributed by atoms with Gasteiger partial charge in [0.15, 0.2) is 0 Å². The van der Waals surface area contributed by atoms with Gasteiger partial charge in [0.25, 0.3) is 5.91 Å². The molecule has 0 aliphatic rings. The summed E-state index contributed by atoms with van der Waals surface area (Å²) < 4.78 is 37.8. The first kappa shape index (κ1) is 17.5. The van der Waals surface area contributed by atoms with Crippen molar-refractivity contribution in [3.8, 4) is 10.6 Å². The van der Waals surface area contributed by atoms with Crippen molar-refractivity contribution >= 4 is 17.2 Å². The Kier molecular flexibility index (Phi) is 5.09. The van der Waals surface area contributed by atoms with Crippen LogP contribution in [0, 0.1) is 6.92 Å². The number of thiazole rings is 1. The molecule has 1 heterocycles. The summed E-state index contributed by atoms with van der Waals surface area (Å²) >= 11 is 1.18. The fraction of sp³-hybridized carbons (Fsp3) is 0.375. The smallest absolute Gasteiger partial charge is 0.349 e. The maximum Gasteiger partial charge on any atom is 0.416 e. The Morgan fingerprint density at radius 2 is 1.91 bits per heavy atom. The number of halogens is 3. The summed E-state index contributed by atoms with van der Waals surface area (Å²) in [6, 6.07) is 4.84. The summed E-state index contributed by atoms with van der Waals surface area (Å²) in [6.45, 7) is 5.60. The van der Waals surface area contributed by atoms with Gasteiger partial charge in [-0.1, -0.05) is 19.1 Å². The normalized spacial score (nSPS) is 13.0. The average Bonchev–Trinajstić information content (AvgIpc) is 2.88. The number of hydrogen-bond acceptors (Lipinski definition) is 3. The highest BCUT2D eigenvalue weighted by atomic mass is 32.1. The SMILES string of the molecule is CCC(C)NC(=O)c1sc(-c2ccc(C(F)(F)F)cc2)nc1C. The molecule has 0 aliphatic carbocycles. The minimum absolute atomic E-state index is 0.0542. The van der Waals surface area contributed by atoms with Crippen molar-refractivity contribution in [3.63, 3.8) is 0 Å². The topological polar surface area (TPSA) is 42.0 Å². The molecule has 0 saturated carbocycles. The zero-order valence-corrected chi connectivity index (χ0v) is 13.8. The van der Waals surface area contributed by atoms with Crippen molar-refractivity contribution in [1.82, 2.24) is 10.3 Å². The van der Waals surface area contributed by atoms with Crippen molar-refractivity contribution in [3.05, 3.63) is 40.4 Å². The monoisotopic (exact) mass is 342 g/mol. The number of rotatable bonds is 4. The van der Waals surface area contributed by atoms with Crippen LogP contribution in [0.1, 0.15) is 41.2 Å². The highest BCUT2D eigenvalue weighted by Crippen LogP contribution is 2.32. The summed E-state index contributed by atoms with van der Waals surface area (Å²) in [4.78, 5) is 17.0. The van der Waals surface area contributed by atoms with Gasteiger partial charge in [-0.15, -0.1) is 11.3 Å². The first-order chi connectivity index (χ1) is 10.7. The van der Waals surface area contributed by atoms with Crippen molar-refractivity contribution < 1.29 is 18.0 Å². The Labute approximate surface area is 136 Å². The summed E-state index contributed by atoms with van der Waals surface area (Å²) in [5.74, 6) is -0.201. The Hall–Kier alpha value is -1.89. The molecule has 1 amide bonds. The molecule has 0 bridgehead atoms. The van der Waals surface area contributed by atoms with Crippen molar-refractivity contribution in [2.75, 3.05) is 0 Å². The van der Waals surface area contributed by atoms with Crippen molar-refractivity contribution in [2.24, 2.45) is 0 Å². The highest BCUT2D eigenvalue weighted by Gasteiger charge is 2.30. The fourth-order valence-electron chi connectivity index (χ4n) is 1.92. The van der Waals surface area contributed by atoms with E-state index in [2.05, 4.69) is 10.3 Å². The molecule has 1 atom stereocenters. The Morgan fingerprint density at radius 3 is 2.43 bits per heavy atom. The molecule has 0 radical (unpaired) electrons. The number of benzene rings is 1. The zero-order valence-electron chi connectivity index (χ0n) is 13.0. The van der Waals surface area contributed by atoms with Crippen LogP contribution in [0.3, 0.4) is 0 Å². The Bertz CT molecular complexity index is 692. The summed E-state index contributed by atoms with van der Waals surface area (Å²) in [7, 11) is 0. The lowest BCUT2D eigenvalue weighted by Crippen LogP contribution is -2.31. The van der Waals surface area contributed by atoms with E-state index < -0.39 is 11.7 Å². The molecule has 124 valence electrons. The molecule has 1 N–H and O–H groups in total. The van der Waals surface area contributed by atoms with Crippen LogP contribution in [0.15, 0.2) is 24.3 Å². The zero-order chi connectivity index (χ0) is 17.2. The molecule has 2 rings (SSSR count). The lowest BCUT2D eigenvalue weighted by atomic mass is 10.1. The molecule has 23 heavy (non-hydrogen) atoms. The highest BCUT2D eigenvalue weighted by molar-refractivity contribution is 7.17. The van der Waals surface area contributed by atoms with Crippen LogP contribution in [-0.4, -0.2) is 16.9 Å². The number of amides is 1. The maximum absolute atomic E-state index is 12.6. The molecule has 0 saturated heterocycles.